The number of benzene rings is 1. The third-order valence-electron chi connectivity index (χ3n) is 3.73. The van der Waals surface area contributed by atoms with Crippen molar-refractivity contribution in [3.63, 3.8) is 0 Å². The van der Waals surface area contributed by atoms with Crippen molar-refractivity contribution in [3.8, 4) is 0 Å². The SMILES string of the molecule is CCN(C(=O)c1ccc(Cn2ccccc2=O)o1)c1ccccc1. The number of carbonyl (C=O) groups excluding carboxylic acids is 1. The third-order valence-corrected chi connectivity index (χ3v) is 3.73. The summed E-state index contributed by atoms with van der Waals surface area (Å²) in [5.74, 6) is 0.630. The van der Waals surface area contributed by atoms with Crippen molar-refractivity contribution in [2.75, 3.05) is 11.4 Å². The van der Waals surface area contributed by atoms with E-state index in [1.54, 1.807) is 35.4 Å². The van der Waals surface area contributed by atoms with Crippen molar-refractivity contribution < 1.29 is 9.21 Å². The maximum Gasteiger partial charge on any atom is 0.293 e. The third kappa shape index (κ3) is 3.30. The Morgan fingerprint density at radius 1 is 1.04 bits per heavy atom. The van der Waals surface area contributed by atoms with Gasteiger partial charge in [-0.25, -0.2) is 0 Å². The minimum Gasteiger partial charge on any atom is -0.454 e. The van der Waals surface area contributed by atoms with Crippen LogP contribution in [0.2, 0.25) is 0 Å². The normalized spacial score (nSPS) is 10.5. The molecule has 0 unspecified atom stereocenters. The maximum absolute atomic E-state index is 12.7. The number of hydrogen-bond donors (Lipinski definition) is 0. The van der Waals surface area contributed by atoms with Crippen molar-refractivity contribution in [2.45, 2.75) is 13.5 Å². The number of hydrogen-bond acceptors (Lipinski definition) is 3. The molecule has 2 heterocycles. The van der Waals surface area contributed by atoms with Gasteiger partial charge in [-0.3, -0.25) is 9.59 Å². The number of aromatic nitrogens is 1. The number of amides is 1. The van der Waals surface area contributed by atoms with Gasteiger partial charge in [-0.1, -0.05) is 24.3 Å². The topological polar surface area (TPSA) is 55.5 Å². The molecule has 0 radical (unpaired) electrons. The van der Waals surface area contributed by atoms with Crippen molar-refractivity contribution in [1.29, 1.82) is 0 Å². The summed E-state index contributed by atoms with van der Waals surface area (Å²) >= 11 is 0. The zero-order chi connectivity index (χ0) is 16.9. The highest BCUT2D eigenvalue weighted by Gasteiger charge is 2.19. The van der Waals surface area contributed by atoms with Crippen LogP contribution in [0.3, 0.4) is 0 Å². The number of anilines is 1. The predicted octanol–water partition coefficient (Wildman–Crippen LogP) is 3.16. The molecule has 0 fully saturated rings. The molecule has 0 spiro atoms. The minimum atomic E-state index is -0.199. The van der Waals surface area contributed by atoms with Gasteiger partial charge in [0.2, 0.25) is 0 Å². The fraction of sp³-hybridized carbons (Fsp3) is 0.158. The molecule has 0 aliphatic rings. The lowest BCUT2D eigenvalue weighted by Crippen LogP contribution is -2.30. The summed E-state index contributed by atoms with van der Waals surface area (Å²) in [5, 5.41) is 0. The Morgan fingerprint density at radius 3 is 2.50 bits per heavy atom. The van der Waals surface area contributed by atoms with Crippen LogP contribution in [-0.2, 0) is 6.54 Å². The van der Waals surface area contributed by atoms with Gasteiger partial charge in [-0.05, 0) is 37.3 Å². The fourth-order valence-electron chi connectivity index (χ4n) is 2.52. The lowest BCUT2D eigenvalue weighted by atomic mass is 10.2. The number of para-hydroxylation sites is 1. The summed E-state index contributed by atoms with van der Waals surface area (Å²) in [6.45, 7) is 2.75. The number of nitrogens with zero attached hydrogens (tertiary/aromatic N) is 2. The van der Waals surface area contributed by atoms with Crippen LogP contribution in [0.15, 0.2) is 76.1 Å². The van der Waals surface area contributed by atoms with Crippen LogP contribution in [-0.4, -0.2) is 17.0 Å². The molecule has 2 aromatic heterocycles. The van der Waals surface area contributed by atoms with Crippen molar-refractivity contribution in [1.82, 2.24) is 4.57 Å². The highest BCUT2D eigenvalue weighted by atomic mass is 16.4. The quantitative estimate of drug-likeness (QED) is 0.725. The van der Waals surface area contributed by atoms with Crippen LogP contribution in [0.25, 0.3) is 0 Å². The van der Waals surface area contributed by atoms with Crippen molar-refractivity contribution in [3.05, 3.63) is 88.7 Å². The zero-order valence-electron chi connectivity index (χ0n) is 13.4. The van der Waals surface area contributed by atoms with Gasteiger partial charge in [-0.15, -0.1) is 0 Å². The molecule has 0 N–H and O–H groups in total. The van der Waals surface area contributed by atoms with Crippen LogP contribution < -0.4 is 10.5 Å². The molecule has 0 aliphatic heterocycles. The average molecular weight is 322 g/mol. The lowest BCUT2D eigenvalue weighted by molar-refractivity contribution is 0.0959. The number of furan rings is 1. The number of carbonyl (C=O) groups is 1. The largest absolute Gasteiger partial charge is 0.454 e. The molecule has 0 bridgehead atoms. The minimum absolute atomic E-state index is 0.110. The van der Waals surface area contributed by atoms with E-state index in [0.717, 1.165) is 5.69 Å². The van der Waals surface area contributed by atoms with E-state index in [-0.39, 0.29) is 17.2 Å². The van der Waals surface area contributed by atoms with E-state index in [1.165, 1.54) is 10.6 Å². The molecule has 5 nitrogen and oxygen atoms in total. The van der Waals surface area contributed by atoms with Crippen molar-refractivity contribution in [2.24, 2.45) is 0 Å². The van der Waals surface area contributed by atoms with E-state index in [2.05, 4.69) is 0 Å². The summed E-state index contributed by atoms with van der Waals surface area (Å²) < 4.78 is 7.19. The molecular formula is C19H18N2O3. The highest BCUT2D eigenvalue weighted by molar-refractivity contribution is 6.04. The lowest BCUT2D eigenvalue weighted by Gasteiger charge is -2.19. The van der Waals surface area contributed by atoms with Crippen LogP contribution in [0.4, 0.5) is 5.69 Å². The standard InChI is InChI=1S/C19H18N2O3/c1-2-21(15-8-4-3-5-9-15)19(23)17-12-11-16(24-17)14-20-13-7-6-10-18(20)22/h3-13H,2,14H2,1H3. The van der Waals surface area contributed by atoms with E-state index in [4.69, 9.17) is 4.42 Å². The van der Waals surface area contributed by atoms with Crippen molar-refractivity contribution >= 4 is 11.6 Å². The first-order valence-electron chi connectivity index (χ1n) is 7.80. The van der Waals surface area contributed by atoms with Gasteiger partial charge < -0.3 is 13.9 Å². The second kappa shape index (κ2) is 7.00. The first kappa shape index (κ1) is 15.8. The van der Waals surface area contributed by atoms with Crippen LogP contribution >= 0.6 is 0 Å². The van der Waals surface area contributed by atoms with Gasteiger partial charge >= 0.3 is 0 Å². The first-order chi connectivity index (χ1) is 11.7. The van der Waals surface area contributed by atoms with E-state index in [1.807, 2.05) is 37.3 Å². The molecule has 24 heavy (non-hydrogen) atoms. The van der Waals surface area contributed by atoms with Gasteiger partial charge in [0, 0.05) is 24.5 Å². The Hall–Kier alpha value is -3.08. The molecule has 0 aliphatic carbocycles. The zero-order valence-corrected chi connectivity index (χ0v) is 13.4. The molecule has 0 saturated carbocycles. The van der Waals surface area contributed by atoms with Gasteiger partial charge in [-0.2, -0.15) is 0 Å². The Morgan fingerprint density at radius 2 is 1.79 bits per heavy atom. The Balaban J connectivity index is 1.81. The van der Waals surface area contributed by atoms with Gasteiger partial charge in [0.05, 0.1) is 6.54 Å². The molecular weight excluding hydrogens is 304 g/mol. The molecule has 122 valence electrons. The van der Waals surface area contributed by atoms with Gasteiger partial charge in [0.1, 0.15) is 5.76 Å². The molecule has 0 saturated heterocycles. The summed E-state index contributed by atoms with van der Waals surface area (Å²) in [6.07, 6.45) is 1.69. The molecule has 1 amide bonds. The highest BCUT2D eigenvalue weighted by Crippen LogP contribution is 2.18. The van der Waals surface area contributed by atoms with Gasteiger partial charge in [0.25, 0.3) is 11.5 Å². The molecule has 0 atom stereocenters. The molecule has 3 aromatic rings. The van der Waals surface area contributed by atoms with E-state index in [0.29, 0.717) is 18.8 Å². The maximum atomic E-state index is 12.7. The van der Waals surface area contributed by atoms with Crippen LogP contribution in [0.1, 0.15) is 23.2 Å². The number of pyridine rings is 1. The van der Waals surface area contributed by atoms with E-state index < -0.39 is 0 Å². The second-order valence-electron chi connectivity index (χ2n) is 5.32. The van der Waals surface area contributed by atoms with E-state index in [9.17, 15) is 9.59 Å². The summed E-state index contributed by atoms with van der Waals surface area (Å²) in [4.78, 5) is 26.1. The smallest absolute Gasteiger partial charge is 0.293 e. The summed E-state index contributed by atoms with van der Waals surface area (Å²) in [7, 11) is 0. The van der Waals surface area contributed by atoms with Crippen LogP contribution in [0.5, 0.6) is 0 Å². The summed E-state index contributed by atoms with van der Waals surface area (Å²) in [5.41, 5.74) is 0.712. The fourth-order valence-corrected chi connectivity index (χ4v) is 2.52. The monoisotopic (exact) mass is 322 g/mol. The summed E-state index contributed by atoms with van der Waals surface area (Å²) in [6, 6.07) is 17.8. The number of rotatable bonds is 5. The second-order valence-corrected chi connectivity index (χ2v) is 5.32. The Labute approximate surface area is 139 Å². The molecule has 5 heteroatoms. The molecule has 1 aromatic carbocycles. The van der Waals surface area contributed by atoms with Gasteiger partial charge in [0.15, 0.2) is 5.76 Å². The van der Waals surface area contributed by atoms with Crippen LogP contribution in [0, 0.1) is 0 Å². The Kier molecular flexibility index (Phi) is 4.61. The average Bonchev–Trinajstić information content (AvgIpc) is 3.07. The molecule has 3 rings (SSSR count). The predicted molar refractivity (Wildman–Crippen MR) is 92.3 cm³/mol. The van der Waals surface area contributed by atoms with E-state index >= 15 is 0 Å². The first-order valence-corrected chi connectivity index (χ1v) is 7.80. The Bertz CT molecular complexity index is 881.